The molecule has 1 saturated heterocycles. The highest BCUT2D eigenvalue weighted by atomic mass is 16.2. The minimum absolute atomic E-state index is 0.0258. The number of aromatic nitrogens is 2. The Morgan fingerprint density at radius 1 is 1.50 bits per heavy atom. The van der Waals surface area contributed by atoms with E-state index in [1.165, 1.54) is 0 Å². The lowest BCUT2D eigenvalue weighted by atomic mass is 10.1. The van der Waals surface area contributed by atoms with Gasteiger partial charge in [-0.3, -0.25) is 4.79 Å². The Kier molecular flexibility index (Phi) is 3.76. The maximum atomic E-state index is 12.0. The van der Waals surface area contributed by atoms with Crippen molar-refractivity contribution >= 4 is 11.7 Å². The summed E-state index contributed by atoms with van der Waals surface area (Å²) in [6.07, 6.45) is 1.73. The Morgan fingerprint density at radius 2 is 2.28 bits per heavy atom. The quantitative estimate of drug-likeness (QED) is 0.776. The van der Waals surface area contributed by atoms with Gasteiger partial charge in [0.2, 0.25) is 5.91 Å². The number of hydrogen-bond acceptors (Lipinski definition) is 5. The largest absolute Gasteiger partial charge is 0.357 e. The minimum Gasteiger partial charge on any atom is -0.357 e. The van der Waals surface area contributed by atoms with E-state index in [1.54, 1.807) is 13.2 Å². The first-order valence-electron chi connectivity index (χ1n) is 6.08. The lowest BCUT2D eigenvalue weighted by molar-refractivity contribution is -0.122. The van der Waals surface area contributed by atoms with Crippen LogP contribution in [0.5, 0.6) is 0 Å². The number of amides is 1. The van der Waals surface area contributed by atoms with Gasteiger partial charge in [0, 0.05) is 32.9 Å². The predicted octanol–water partition coefficient (Wildman–Crippen LogP) is -0.349. The first-order chi connectivity index (χ1) is 8.61. The Labute approximate surface area is 107 Å². The highest BCUT2D eigenvalue weighted by Crippen LogP contribution is 2.17. The predicted molar refractivity (Wildman–Crippen MR) is 69.5 cm³/mol. The van der Waals surface area contributed by atoms with Crippen molar-refractivity contribution in [2.75, 3.05) is 38.6 Å². The number of hydrogen-bond donors (Lipinski definition) is 1. The molecule has 1 fully saturated rings. The number of piperazine rings is 1. The van der Waals surface area contributed by atoms with E-state index in [0.29, 0.717) is 6.54 Å². The van der Waals surface area contributed by atoms with Crippen LogP contribution < -0.4 is 10.2 Å². The molecule has 0 aromatic carbocycles. The summed E-state index contributed by atoms with van der Waals surface area (Å²) in [6, 6.07) is 1.66. The van der Waals surface area contributed by atoms with Gasteiger partial charge in [0.05, 0.1) is 0 Å². The normalized spacial score (nSPS) is 20.8. The van der Waals surface area contributed by atoms with E-state index in [2.05, 4.69) is 20.2 Å². The summed E-state index contributed by atoms with van der Waals surface area (Å²) >= 11 is 0. The van der Waals surface area contributed by atoms with Crippen molar-refractivity contribution in [2.45, 2.75) is 13.0 Å². The number of rotatable bonds is 2. The minimum atomic E-state index is -0.192. The van der Waals surface area contributed by atoms with E-state index >= 15 is 0 Å². The molecule has 2 heterocycles. The molecule has 1 aliphatic rings. The lowest BCUT2D eigenvalue weighted by Crippen LogP contribution is -2.58. The van der Waals surface area contributed by atoms with E-state index in [-0.39, 0.29) is 11.9 Å². The molecule has 1 atom stereocenters. The van der Waals surface area contributed by atoms with Crippen LogP contribution in [0.4, 0.5) is 5.82 Å². The SMILES string of the molecule is CNC(=O)[C@@H]1CN(C)CCN1c1ccnc(C)n1. The van der Waals surface area contributed by atoms with Gasteiger partial charge in [-0.15, -0.1) is 0 Å². The van der Waals surface area contributed by atoms with Gasteiger partial charge in [-0.05, 0) is 20.0 Å². The van der Waals surface area contributed by atoms with Gasteiger partial charge in [-0.1, -0.05) is 0 Å². The van der Waals surface area contributed by atoms with Crippen molar-refractivity contribution in [1.29, 1.82) is 0 Å². The number of carbonyl (C=O) groups excluding carboxylic acids is 1. The summed E-state index contributed by atoms with van der Waals surface area (Å²) in [5.74, 6) is 1.57. The lowest BCUT2D eigenvalue weighted by Gasteiger charge is -2.39. The molecule has 6 nitrogen and oxygen atoms in total. The number of nitrogens with zero attached hydrogens (tertiary/aromatic N) is 4. The third-order valence-electron chi connectivity index (χ3n) is 3.19. The number of anilines is 1. The highest BCUT2D eigenvalue weighted by Gasteiger charge is 2.31. The Hall–Kier alpha value is -1.69. The Balaban J connectivity index is 2.26. The molecule has 1 amide bonds. The van der Waals surface area contributed by atoms with Crippen molar-refractivity contribution in [3.63, 3.8) is 0 Å². The molecule has 1 N–H and O–H groups in total. The van der Waals surface area contributed by atoms with Gasteiger partial charge in [-0.2, -0.15) is 0 Å². The number of aryl methyl sites for hydroxylation is 1. The van der Waals surface area contributed by atoms with Gasteiger partial charge in [0.25, 0.3) is 0 Å². The second-order valence-electron chi connectivity index (χ2n) is 4.55. The van der Waals surface area contributed by atoms with Gasteiger partial charge in [0.15, 0.2) is 0 Å². The van der Waals surface area contributed by atoms with Crippen LogP contribution in [0.15, 0.2) is 12.3 Å². The summed E-state index contributed by atoms with van der Waals surface area (Å²) in [5, 5.41) is 2.72. The van der Waals surface area contributed by atoms with Gasteiger partial charge >= 0.3 is 0 Å². The van der Waals surface area contributed by atoms with Crippen LogP contribution in [-0.4, -0.2) is 60.5 Å². The van der Waals surface area contributed by atoms with E-state index in [0.717, 1.165) is 24.7 Å². The van der Waals surface area contributed by atoms with Crippen LogP contribution in [0.3, 0.4) is 0 Å². The monoisotopic (exact) mass is 249 g/mol. The maximum absolute atomic E-state index is 12.0. The second kappa shape index (κ2) is 5.30. The summed E-state index contributed by atoms with van der Waals surface area (Å²) < 4.78 is 0. The van der Waals surface area contributed by atoms with Crippen molar-refractivity contribution in [2.24, 2.45) is 0 Å². The molecule has 6 heteroatoms. The smallest absolute Gasteiger partial charge is 0.243 e. The van der Waals surface area contributed by atoms with Crippen LogP contribution in [0.1, 0.15) is 5.82 Å². The standard InChI is InChI=1S/C12H19N5O/c1-9-14-5-4-11(15-9)17-7-6-16(3)8-10(17)12(18)13-2/h4-5,10H,6-8H2,1-3H3,(H,13,18)/t10-/m0/s1. The third-order valence-corrected chi connectivity index (χ3v) is 3.19. The zero-order chi connectivity index (χ0) is 13.1. The van der Waals surface area contributed by atoms with Crippen molar-refractivity contribution in [1.82, 2.24) is 20.2 Å². The highest BCUT2D eigenvalue weighted by molar-refractivity contribution is 5.85. The summed E-state index contributed by atoms with van der Waals surface area (Å²) in [5.41, 5.74) is 0. The molecular weight excluding hydrogens is 230 g/mol. The van der Waals surface area contributed by atoms with Crippen molar-refractivity contribution in [3.8, 4) is 0 Å². The molecule has 98 valence electrons. The van der Waals surface area contributed by atoms with Crippen molar-refractivity contribution < 1.29 is 4.79 Å². The molecule has 2 rings (SSSR count). The molecule has 1 aromatic heterocycles. The molecule has 0 unspecified atom stereocenters. The Bertz CT molecular complexity index is 436. The second-order valence-corrected chi connectivity index (χ2v) is 4.55. The van der Waals surface area contributed by atoms with Crippen LogP contribution in [0, 0.1) is 6.92 Å². The first-order valence-corrected chi connectivity index (χ1v) is 6.08. The number of likely N-dealkylation sites (N-methyl/N-ethyl adjacent to an activating group) is 2. The van der Waals surface area contributed by atoms with Crippen LogP contribution in [0.25, 0.3) is 0 Å². The first kappa shape index (κ1) is 12.8. The average Bonchev–Trinajstić information content (AvgIpc) is 2.37. The molecule has 0 saturated carbocycles. The fourth-order valence-electron chi connectivity index (χ4n) is 2.19. The zero-order valence-electron chi connectivity index (χ0n) is 11.1. The summed E-state index contributed by atoms with van der Waals surface area (Å²) in [4.78, 5) is 24.7. The van der Waals surface area contributed by atoms with E-state index < -0.39 is 0 Å². The maximum Gasteiger partial charge on any atom is 0.243 e. The van der Waals surface area contributed by atoms with E-state index in [9.17, 15) is 4.79 Å². The van der Waals surface area contributed by atoms with E-state index in [4.69, 9.17) is 0 Å². The fraction of sp³-hybridized carbons (Fsp3) is 0.583. The molecule has 1 aliphatic heterocycles. The average molecular weight is 249 g/mol. The van der Waals surface area contributed by atoms with Crippen molar-refractivity contribution in [3.05, 3.63) is 18.1 Å². The van der Waals surface area contributed by atoms with E-state index in [1.807, 2.05) is 24.9 Å². The number of carbonyl (C=O) groups is 1. The molecule has 0 spiro atoms. The molecule has 0 bridgehead atoms. The van der Waals surface area contributed by atoms with Gasteiger partial charge in [0.1, 0.15) is 17.7 Å². The molecule has 18 heavy (non-hydrogen) atoms. The molecular formula is C12H19N5O. The van der Waals surface area contributed by atoms with Gasteiger partial charge < -0.3 is 15.1 Å². The third kappa shape index (κ3) is 2.59. The van der Waals surface area contributed by atoms with Crippen LogP contribution in [-0.2, 0) is 4.79 Å². The molecule has 0 aliphatic carbocycles. The van der Waals surface area contributed by atoms with Gasteiger partial charge in [-0.25, -0.2) is 9.97 Å². The fourth-order valence-corrected chi connectivity index (χ4v) is 2.19. The van der Waals surface area contributed by atoms with Crippen LogP contribution in [0.2, 0.25) is 0 Å². The molecule has 0 radical (unpaired) electrons. The molecule has 1 aromatic rings. The Morgan fingerprint density at radius 3 is 2.94 bits per heavy atom. The number of nitrogens with one attached hydrogen (secondary N) is 1. The summed E-state index contributed by atoms with van der Waals surface area (Å²) in [7, 11) is 3.69. The zero-order valence-corrected chi connectivity index (χ0v) is 11.1. The summed E-state index contributed by atoms with van der Waals surface area (Å²) in [6.45, 7) is 4.29. The van der Waals surface area contributed by atoms with Crippen LogP contribution >= 0.6 is 0 Å². The topological polar surface area (TPSA) is 61.4 Å².